The summed E-state index contributed by atoms with van der Waals surface area (Å²) in [7, 11) is -3.33. The fourth-order valence-corrected chi connectivity index (χ4v) is 1.89. The summed E-state index contributed by atoms with van der Waals surface area (Å²) < 4.78 is 22.9. The summed E-state index contributed by atoms with van der Waals surface area (Å²) in [5.74, 6) is -0.298. The SMILES string of the molecule is C=NCS(=O)(=O)c1ccc(N=C)cc1. The molecule has 1 rings (SSSR count). The Morgan fingerprint density at radius 2 is 1.71 bits per heavy atom. The van der Waals surface area contributed by atoms with Gasteiger partial charge in [-0.25, -0.2) is 8.42 Å². The molecule has 0 aliphatic rings. The Kier molecular flexibility index (Phi) is 3.14. The molecule has 0 N–H and O–H groups in total. The van der Waals surface area contributed by atoms with Crippen LogP contribution in [0, 0.1) is 0 Å². The summed E-state index contributed by atoms with van der Waals surface area (Å²) in [5, 5.41) is 0. The fourth-order valence-electron chi connectivity index (χ4n) is 0.954. The Morgan fingerprint density at radius 3 is 2.14 bits per heavy atom. The van der Waals surface area contributed by atoms with Gasteiger partial charge in [0.2, 0.25) is 0 Å². The largest absolute Gasteiger partial charge is 0.284 e. The Balaban J connectivity index is 3.09. The highest BCUT2D eigenvalue weighted by Crippen LogP contribution is 2.16. The van der Waals surface area contributed by atoms with Gasteiger partial charge >= 0.3 is 0 Å². The molecule has 0 saturated heterocycles. The zero-order valence-corrected chi connectivity index (χ0v) is 8.37. The summed E-state index contributed by atoms with van der Waals surface area (Å²) >= 11 is 0. The molecule has 0 heterocycles. The minimum atomic E-state index is -3.33. The molecular weight excluding hydrogens is 200 g/mol. The third kappa shape index (κ3) is 2.26. The van der Waals surface area contributed by atoms with Gasteiger partial charge in [0, 0.05) is 0 Å². The molecular formula is C9H10N2O2S. The van der Waals surface area contributed by atoms with Gasteiger partial charge in [0.05, 0.1) is 10.6 Å². The number of sulfone groups is 1. The van der Waals surface area contributed by atoms with E-state index in [1.54, 1.807) is 12.1 Å². The molecule has 0 amide bonds. The second-order valence-corrected chi connectivity index (χ2v) is 4.58. The van der Waals surface area contributed by atoms with Crippen molar-refractivity contribution in [2.75, 3.05) is 5.88 Å². The van der Waals surface area contributed by atoms with E-state index in [1.807, 2.05) is 0 Å². The summed E-state index contributed by atoms with van der Waals surface area (Å²) in [6.07, 6.45) is 0. The van der Waals surface area contributed by atoms with Gasteiger partial charge in [-0.2, -0.15) is 0 Å². The number of hydrogen-bond donors (Lipinski definition) is 0. The van der Waals surface area contributed by atoms with Crippen LogP contribution in [0.25, 0.3) is 0 Å². The van der Waals surface area contributed by atoms with Crippen molar-refractivity contribution in [3.63, 3.8) is 0 Å². The maximum Gasteiger partial charge on any atom is 0.198 e. The third-order valence-electron chi connectivity index (χ3n) is 1.64. The molecule has 0 saturated carbocycles. The molecule has 0 spiro atoms. The van der Waals surface area contributed by atoms with Crippen LogP contribution < -0.4 is 0 Å². The topological polar surface area (TPSA) is 58.9 Å². The first kappa shape index (κ1) is 10.6. The molecule has 5 heteroatoms. The Labute approximate surface area is 82.9 Å². The Hall–Kier alpha value is -1.49. The van der Waals surface area contributed by atoms with Crippen molar-refractivity contribution in [3.05, 3.63) is 24.3 Å². The molecule has 14 heavy (non-hydrogen) atoms. The number of rotatable bonds is 4. The molecule has 0 bridgehead atoms. The van der Waals surface area contributed by atoms with E-state index < -0.39 is 9.84 Å². The van der Waals surface area contributed by atoms with Crippen LogP contribution in [0.2, 0.25) is 0 Å². The molecule has 0 aromatic heterocycles. The zero-order valence-electron chi connectivity index (χ0n) is 7.55. The molecule has 0 atom stereocenters. The highest BCUT2D eigenvalue weighted by molar-refractivity contribution is 7.91. The second-order valence-electron chi connectivity index (χ2n) is 2.62. The van der Waals surface area contributed by atoms with Gasteiger partial charge in [0.1, 0.15) is 5.88 Å². The Bertz CT molecular complexity index is 434. The predicted octanol–water partition coefficient (Wildman–Crippen LogP) is 1.45. The maximum absolute atomic E-state index is 11.5. The summed E-state index contributed by atoms with van der Waals surface area (Å²) in [6.45, 7) is 6.48. The average molecular weight is 210 g/mol. The van der Waals surface area contributed by atoms with Crippen LogP contribution in [-0.2, 0) is 9.84 Å². The number of aliphatic imine (C=N–C) groups is 2. The van der Waals surface area contributed by atoms with E-state index in [2.05, 4.69) is 23.4 Å². The van der Waals surface area contributed by atoms with Crippen molar-refractivity contribution in [1.82, 2.24) is 0 Å². The minimum absolute atomic E-state index is 0.220. The normalized spacial score (nSPS) is 10.9. The van der Waals surface area contributed by atoms with Crippen molar-refractivity contribution in [3.8, 4) is 0 Å². The van der Waals surface area contributed by atoms with E-state index in [0.29, 0.717) is 5.69 Å². The van der Waals surface area contributed by atoms with Gasteiger partial charge in [-0.05, 0) is 37.7 Å². The lowest BCUT2D eigenvalue weighted by atomic mass is 10.3. The quantitative estimate of drug-likeness (QED) is 0.706. The Morgan fingerprint density at radius 1 is 1.14 bits per heavy atom. The maximum atomic E-state index is 11.5. The molecule has 0 fully saturated rings. The van der Waals surface area contributed by atoms with Crippen LogP contribution in [0.5, 0.6) is 0 Å². The van der Waals surface area contributed by atoms with Crippen molar-refractivity contribution in [1.29, 1.82) is 0 Å². The molecule has 0 unspecified atom stereocenters. The summed E-state index contributed by atoms with van der Waals surface area (Å²) in [5.41, 5.74) is 0.635. The van der Waals surface area contributed by atoms with Gasteiger partial charge in [-0.3, -0.25) is 9.98 Å². The first-order valence-electron chi connectivity index (χ1n) is 3.82. The van der Waals surface area contributed by atoms with E-state index >= 15 is 0 Å². The van der Waals surface area contributed by atoms with Crippen molar-refractivity contribution >= 4 is 29.0 Å². The van der Waals surface area contributed by atoms with Crippen LogP contribution >= 0.6 is 0 Å². The van der Waals surface area contributed by atoms with Gasteiger partial charge in [0.25, 0.3) is 0 Å². The first-order valence-corrected chi connectivity index (χ1v) is 5.47. The van der Waals surface area contributed by atoms with Crippen LogP contribution in [0.15, 0.2) is 39.1 Å². The predicted molar refractivity (Wildman–Crippen MR) is 57.3 cm³/mol. The van der Waals surface area contributed by atoms with Crippen LogP contribution in [0.3, 0.4) is 0 Å². The standard InChI is InChI=1S/C9H10N2O2S/c1-10-7-14(12,13)9-5-3-8(11-2)4-6-9/h3-6H,1-2,7H2. The molecule has 0 aliphatic carbocycles. The molecule has 1 aromatic rings. The van der Waals surface area contributed by atoms with Gasteiger partial charge in [-0.15, -0.1) is 0 Å². The highest BCUT2D eigenvalue weighted by atomic mass is 32.2. The average Bonchev–Trinajstić information content (AvgIpc) is 2.18. The zero-order chi connectivity index (χ0) is 10.6. The highest BCUT2D eigenvalue weighted by Gasteiger charge is 2.12. The minimum Gasteiger partial charge on any atom is -0.284 e. The number of hydrogen-bond acceptors (Lipinski definition) is 4. The van der Waals surface area contributed by atoms with Crippen molar-refractivity contribution in [2.45, 2.75) is 4.90 Å². The van der Waals surface area contributed by atoms with E-state index in [0.717, 1.165) is 0 Å². The van der Waals surface area contributed by atoms with Crippen LogP contribution in [0.1, 0.15) is 0 Å². The fraction of sp³-hybridized carbons (Fsp3) is 0.111. The van der Waals surface area contributed by atoms with E-state index in [4.69, 9.17) is 0 Å². The first-order chi connectivity index (χ1) is 6.60. The van der Waals surface area contributed by atoms with E-state index in [1.165, 1.54) is 12.1 Å². The lowest BCUT2D eigenvalue weighted by Gasteiger charge is -2.00. The molecule has 0 radical (unpaired) electrons. The summed E-state index contributed by atoms with van der Waals surface area (Å²) in [4.78, 5) is 7.23. The lowest BCUT2D eigenvalue weighted by molar-refractivity contribution is 0.596. The molecule has 0 aliphatic heterocycles. The smallest absolute Gasteiger partial charge is 0.198 e. The lowest BCUT2D eigenvalue weighted by Crippen LogP contribution is -2.03. The third-order valence-corrected chi connectivity index (χ3v) is 3.15. The van der Waals surface area contributed by atoms with Crippen LogP contribution in [0.4, 0.5) is 5.69 Å². The molecule has 74 valence electrons. The van der Waals surface area contributed by atoms with Crippen molar-refractivity contribution < 1.29 is 8.42 Å². The number of nitrogens with zero attached hydrogens (tertiary/aromatic N) is 2. The number of benzene rings is 1. The van der Waals surface area contributed by atoms with Crippen LogP contribution in [-0.4, -0.2) is 27.7 Å². The van der Waals surface area contributed by atoms with Crippen molar-refractivity contribution in [2.24, 2.45) is 9.98 Å². The monoisotopic (exact) mass is 210 g/mol. The molecule has 1 aromatic carbocycles. The van der Waals surface area contributed by atoms with Gasteiger partial charge in [-0.1, -0.05) is 0 Å². The molecule has 4 nitrogen and oxygen atoms in total. The van der Waals surface area contributed by atoms with E-state index in [9.17, 15) is 8.42 Å². The summed E-state index contributed by atoms with van der Waals surface area (Å²) in [6, 6.07) is 6.13. The second kappa shape index (κ2) is 4.15. The van der Waals surface area contributed by atoms with Gasteiger partial charge in [0.15, 0.2) is 9.84 Å². The van der Waals surface area contributed by atoms with Gasteiger partial charge < -0.3 is 0 Å². The van der Waals surface area contributed by atoms with E-state index in [-0.39, 0.29) is 10.8 Å².